The summed E-state index contributed by atoms with van der Waals surface area (Å²) in [6.45, 7) is -4.31. The fourth-order valence-corrected chi connectivity index (χ4v) is 4.65. The molecule has 1 aromatic heterocycles. The van der Waals surface area contributed by atoms with E-state index < -0.39 is 18.7 Å². The highest BCUT2D eigenvalue weighted by Crippen LogP contribution is 2.46. The number of alkyl halides is 3. The van der Waals surface area contributed by atoms with Gasteiger partial charge in [0.25, 0.3) is 0 Å². The lowest BCUT2D eigenvalue weighted by atomic mass is 9.85. The summed E-state index contributed by atoms with van der Waals surface area (Å²) in [6, 6.07) is 6.25. The Morgan fingerprint density at radius 1 is 1.07 bits per heavy atom. The zero-order chi connectivity index (χ0) is 20.4. The quantitative estimate of drug-likeness (QED) is 0.367. The van der Waals surface area contributed by atoms with Gasteiger partial charge in [0, 0.05) is 39.3 Å². The molecule has 0 bridgehead atoms. The van der Waals surface area contributed by atoms with Crippen LogP contribution in [0.3, 0.4) is 0 Å². The molecule has 4 rings (SSSR count). The number of aromatic nitrogens is 1. The molecular formula is C17H10BBr2F5N2O. The van der Waals surface area contributed by atoms with E-state index in [4.69, 9.17) is 4.74 Å². The summed E-state index contributed by atoms with van der Waals surface area (Å²) in [5.74, 6) is 0.0233. The molecule has 11 heteroatoms. The van der Waals surface area contributed by atoms with Gasteiger partial charge >= 0.3 is 13.1 Å². The van der Waals surface area contributed by atoms with E-state index in [0.717, 1.165) is 15.0 Å². The molecule has 28 heavy (non-hydrogen) atoms. The minimum atomic E-state index is -4.70. The largest absolute Gasteiger partial charge is 0.738 e. The molecule has 0 saturated carbocycles. The van der Waals surface area contributed by atoms with Gasteiger partial charge in [-0.3, -0.25) is 0 Å². The van der Waals surface area contributed by atoms with Gasteiger partial charge in [-0.05, 0) is 46.3 Å². The fraction of sp³-hybridized carbons (Fsp3) is 0.118. The molecule has 0 N–H and O–H groups in total. The second kappa shape index (κ2) is 6.31. The summed E-state index contributed by atoms with van der Waals surface area (Å²) >= 11 is 6.18. The molecule has 146 valence electrons. The molecule has 0 aliphatic carbocycles. The highest BCUT2D eigenvalue weighted by Gasteiger charge is 2.54. The summed E-state index contributed by atoms with van der Waals surface area (Å²) in [5.41, 5.74) is -1.14. The Morgan fingerprint density at radius 3 is 2.43 bits per heavy atom. The predicted molar refractivity (Wildman–Crippen MR) is 103 cm³/mol. The second-order valence-corrected chi connectivity index (χ2v) is 7.82. The highest BCUT2D eigenvalue weighted by atomic mass is 79.9. The van der Waals surface area contributed by atoms with Crippen molar-refractivity contribution in [3.63, 3.8) is 0 Å². The van der Waals surface area contributed by atoms with Crippen molar-refractivity contribution in [2.24, 2.45) is 0 Å². The van der Waals surface area contributed by atoms with Crippen LogP contribution in [0.15, 0.2) is 52.8 Å². The number of rotatable bonds is 2. The molecule has 2 aliphatic heterocycles. The minimum absolute atomic E-state index is 0.00866. The Bertz CT molecular complexity index is 1100. The molecule has 3 nitrogen and oxygen atoms in total. The second-order valence-electron chi connectivity index (χ2n) is 6.20. The van der Waals surface area contributed by atoms with Crippen LogP contribution in [-0.2, 0) is 6.18 Å². The number of ether oxygens (including phenoxy) is 1. The standard InChI is InChI=1S/C17H10BBr2F5N2O/c1-28-9-2-3-10(11(8-9)17(21,22)23)16-12-4-6-14(19)26(12)18(24,25)27-13(16)5-7-15(27)20/h2-8H,1H3. The third-order valence-corrected chi connectivity index (χ3v) is 5.96. The van der Waals surface area contributed by atoms with Crippen LogP contribution >= 0.6 is 31.9 Å². The molecule has 0 atom stereocenters. The lowest BCUT2D eigenvalue weighted by molar-refractivity contribution is -0.358. The van der Waals surface area contributed by atoms with Crippen molar-refractivity contribution in [2.45, 2.75) is 6.18 Å². The molecule has 0 fully saturated rings. The first-order valence-electron chi connectivity index (χ1n) is 7.96. The maximum Gasteiger partial charge on any atom is 0.738 e. The van der Waals surface area contributed by atoms with Crippen molar-refractivity contribution in [1.29, 1.82) is 0 Å². The van der Waals surface area contributed by atoms with Gasteiger partial charge in [-0.2, -0.15) is 13.2 Å². The molecule has 1 aromatic carbocycles. The van der Waals surface area contributed by atoms with E-state index in [2.05, 4.69) is 31.9 Å². The van der Waals surface area contributed by atoms with E-state index in [1.807, 2.05) is 0 Å². The van der Waals surface area contributed by atoms with E-state index in [1.165, 1.54) is 43.5 Å². The number of benzene rings is 1. The van der Waals surface area contributed by atoms with Crippen molar-refractivity contribution in [2.75, 3.05) is 7.11 Å². The maximum absolute atomic E-state index is 15.2. The van der Waals surface area contributed by atoms with Crippen LogP contribution in [0.1, 0.15) is 16.8 Å². The third-order valence-electron chi connectivity index (χ3n) is 4.67. The summed E-state index contributed by atoms with van der Waals surface area (Å²) in [4.78, 5) is 0. The van der Waals surface area contributed by atoms with Crippen LogP contribution in [0.4, 0.5) is 21.8 Å². The monoisotopic (exact) mass is 522 g/mol. The maximum atomic E-state index is 15.2. The van der Waals surface area contributed by atoms with Gasteiger partial charge in [-0.1, -0.05) is 0 Å². The summed E-state index contributed by atoms with van der Waals surface area (Å²) < 4.78 is 78.2. The van der Waals surface area contributed by atoms with Crippen LogP contribution in [0, 0.1) is 0 Å². The van der Waals surface area contributed by atoms with Gasteiger partial charge in [0.15, 0.2) is 5.70 Å². The topological polar surface area (TPSA) is 17.2 Å². The fourth-order valence-electron chi connectivity index (χ4n) is 3.51. The van der Waals surface area contributed by atoms with E-state index in [1.54, 1.807) is 0 Å². The third kappa shape index (κ3) is 2.70. The van der Waals surface area contributed by atoms with Crippen LogP contribution in [0.2, 0.25) is 0 Å². The Balaban J connectivity index is 2.11. The Morgan fingerprint density at radius 2 is 1.79 bits per heavy atom. The minimum Gasteiger partial charge on any atom is -0.497 e. The van der Waals surface area contributed by atoms with Crippen LogP contribution in [0.25, 0.3) is 5.57 Å². The van der Waals surface area contributed by atoms with Gasteiger partial charge in [-0.25, -0.2) is 0 Å². The van der Waals surface area contributed by atoms with E-state index in [9.17, 15) is 13.2 Å². The SMILES string of the molecule is COc1ccc(C2=C3C=CC(Br)=[N+]3[B-](F)(F)n3c(Br)ccc32)c(C(F)(F)F)c1. The molecule has 0 spiro atoms. The smallest absolute Gasteiger partial charge is 0.497 e. The molecule has 3 heterocycles. The number of hydrogen-bond donors (Lipinski definition) is 0. The number of methoxy groups -OCH3 is 1. The van der Waals surface area contributed by atoms with Crippen LogP contribution in [-0.4, -0.2) is 27.7 Å². The van der Waals surface area contributed by atoms with Gasteiger partial charge < -0.3 is 22.3 Å². The predicted octanol–water partition coefficient (Wildman–Crippen LogP) is 5.65. The first kappa shape index (κ1) is 19.4. The van der Waals surface area contributed by atoms with E-state index in [-0.39, 0.29) is 37.5 Å². The number of fused-ring (bicyclic) bond motifs is 2. The molecule has 0 amide bonds. The number of hydrogen-bond acceptors (Lipinski definition) is 1. The van der Waals surface area contributed by atoms with Crippen molar-refractivity contribution in [3.05, 3.63) is 69.6 Å². The average molecular weight is 524 g/mol. The van der Waals surface area contributed by atoms with Crippen LogP contribution < -0.4 is 4.74 Å². The van der Waals surface area contributed by atoms with Crippen molar-refractivity contribution < 1.29 is 31.0 Å². The first-order chi connectivity index (χ1) is 13.1. The van der Waals surface area contributed by atoms with E-state index >= 15 is 8.63 Å². The zero-order valence-electron chi connectivity index (χ0n) is 14.1. The van der Waals surface area contributed by atoms with E-state index in [0.29, 0.717) is 0 Å². The summed E-state index contributed by atoms with van der Waals surface area (Å²) in [5, 5.41) is 0. The van der Waals surface area contributed by atoms with Gasteiger partial charge in [0.05, 0.1) is 22.8 Å². The van der Waals surface area contributed by atoms with Crippen molar-refractivity contribution in [1.82, 2.24) is 4.48 Å². The zero-order valence-corrected chi connectivity index (χ0v) is 17.2. The average Bonchev–Trinajstić information content (AvgIpc) is 3.19. The van der Waals surface area contributed by atoms with Crippen LogP contribution in [0.5, 0.6) is 5.75 Å². The lowest BCUT2D eigenvalue weighted by Crippen LogP contribution is -2.50. The Kier molecular flexibility index (Phi) is 4.38. The van der Waals surface area contributed by atoms with Gasteiger partial charge in [-0.15, -0.1) is 0 Å². The molecular weight excluding hydrogens is 514 g/mol. The first-order valence-corrected chi connectivity index (χ1v) is 9.55. The van der Waals surface area contributed by atoms with Gasteiger partial charge in [0.1, 0.15) is 5.75 Å². The number of allylic oxidation sites excluding steroid dienone is 2. The molecule has 0 radical (unpaired) electrons. The molecule has 2 aromatic rings. The molecule has 0 saturated heterocycles. The van der Waals surface area contributed by atoms with Crippen molar-refractivity contribution in [3.8, 4) is 5.75 Å². The van der Waals surface area contributed by atoms with Crippen molar-refractivity contribution >= 4 is 49.0 Å². The highest BCUT2D eigenvalue weighted by molar-refractivity contribution is 9.18. The lowest BCUT2D eigenvalue weighted by Gasteiger charge is -2.32. The normalized spacial score (nSPS) is 17.9. The Labute approximate surface area is 173 Å². The molecule has 0 unspecified atom stereocenters. The summed E-state index contributed by atoms with van der Waals surface area (Å²) in [6.07, 6.45) is -1.93. The number of nitrogens with zero attached hydrogens (tertiary/aromatic N) is 2. The molecule has 2 aliphatic rings. The van der Waals surface area contributed by atoms with Gasteiger partial charge in [0.2, 0.25) is 4.62 Å². The number of halogens is 7. The summed E-state index contributed by atoms with van der Waals surface area (Å²) in [7, 11) is 1.26. The Hall–Kier alpha value is -1.88.